The van der Waals surface area contributed by atoms with Crippen molar-refractivity contribution >= 4 is 22.8 Å². The summed E-state index contributed by atoms with van der Waals surface area (Å²) in [5.74, 6) is 1.14. The van der Waals surface area contributed by atoms with Crippen LogP contribution in [0.2, 0.25) is 0 Å². The van der Waals surface area contributed by atoms with E-state index in [1.165, 1.54) is 0 Å². The summed E-state index contributed by atoms with van der Waals surface area (Å²) < 4.78 is 5.52. The number of phenolic OH excluding ortho intramolecular Hbond substituents is 1. The number of benzene rings is 1. The first kappa shape index (κ1) is 21.0. The molecule has 7 nitrogen and oxygen atoms in total. The SMILES string of the molecule is Cc1c(CCC(=O)N2C[C@H]3C[C@@H](C2)[C@H]2CCCC(=O)N2C3)c(=O)oc2c(C)c(O)ccc12. The van der Waals surface area contributed by atoms with Crippen molar-refractivity contribution in [3.63, 3.8) is 0 Å². The fourth-order valence-corrected chi connectivity index (χ4v) is 6.07. The molecule has 1 aromatic heterocycles. The minimum Gasteiger partial charge on any atom is -0.508 e. The Morgan fingerprint density at radius 3 is 2.78 bits per heavy atom. The minimum atomic E-state index is -0.441. The maximum absolute atomic E-state index is 13.1. The van der Waals surface area contributed by atoms with Crippen molar-refractivity contribution < 1.29 is 19.1 Å². The van der Waals surface area contributed by atoms with Crippen LogP contribution in [0.3, 0.4) is 0 Å². The quantitative estimate of drug-likeness (QED) is 0.744. The molecule has 1 aromatic carbocycles. The fourth-order valence-electron chi connectivity index (χ4n) is 6.07. The molecule has 2 aromatic rings. The number of nitrogens with zero attached hydrogens (tertiary/aromatic N) is 2. The van der Waals surface area contributed by atoms with Crippen LogP contribution < -0.4 is 5.63 Å². The van der Waals surface area contributed by atoms with Crippen molar-refractivity contribution in [2.75, 3.05) is 19.6 Å². The van der Waals surface area contributed by atoms with Gasteiger partial charge in [0.15, 0.2) is 0 Å². The van der Waals surface area contributed by atoms with Crippen LogP contribution in [-0.2, 0) is 16.0 Å². The third-order valence-corrected chi connectivity index (χ3v) is 7.80. The Morgan fingerprint density at radius 2 is 1.97 bits per heavy atom. The summed E-state index contributed by atoms with van der Waals surface area (Å²) in [6.45, 7) is 5.75. The lowest BCUT2D eigenvalue weighted by Gasteiger charge is -2.52. The monoisotopic (exact) mass is 438 g/mol. The van der Waals surface area contributed by atoms with Gasteiger partial charge >= 0.3 is 5.63 Å². The number of carbonyl (C=O) groups is 2. The predicted molar refractivity (Wildman–Crippen MR) is 119 cm³/mol. The second-order valence-corrected chi connectivity index (χ2v) is 9.75. The van der Waals surface area contributed by atoms with Gasteiger partial charge in [-0.2, -0.15) is 0 Å². The van der Waals surface area contributed by atoms with Crippen LogP contribution in [0, 0.1) is 25.7 Å². The molecule has 0 spiro atoms. The van der Waals surface area contributed by atoms with Gasteiger partial charge in [0, 0.05) is 55.0 Å². The van der Waals surface area contributed by atoms with Crippen LogP contribution in [0.5, 0.6) is 5.75 Å². The van der Waals surface area contributed by atoms with Gasteiger partial charge < -0.3 is 19.3 Å². The molecule has 3 aliphatic rings. The van der Waals surface area contributed by atoms with E-state index in [0.717, 1.165) is 36.8 Å². The molecule has 2 amide bonds. The maximum Gasteiger partial charge on any atom is 0.339 e. The molecule has 3 aliphatic heterocycles. The van der Waals surface area contributed by atoms with Gasteiger partial charge in [-0.15, -0.1) is 0 Å². The summed E-state index contributed by atoms with van der Waals surface area (Å²) in [7, 11) is 0. The zero-order chi connectivity index (χ0) is 22.6. The number of piperidine rings is 3. The summed E-state index contributed by atoms with van der Waals surface area (Å²) in [5.41, 5.74) is 1.83. The third-order valence-electron chi connectivity index (χ3n) is 7.80. The number of aromatic hydroxyl groups is 1. The number of rotatable bonds is 3. The molecule has 1 N–H and O–H groups in total. The van der Waals surface area contributed by atoms with Crippen molar-refractivity contribution in [1.29, 1.82) is 0 Å². The molecule has 0 saturated carbocycles. The average molecular weight is 439 g/mol. The Morgan fingerprint density at radius 1 is 1.16 bits per heavy atom. The molecule has 7 heteroatoms. The topological polar surface area (TPSA) is 91.1 Å². The molecule has 0 aliphatic carbocycles. The molecule has 2 bridgehead atoms. The van der Waals surface area contributed by atoms with Crippen LogP contribution in [-0.4, -0.2) is 52.4 Å². The number of hydrogen-bond acceptors (Lipinski definition) is 5. The van der Waals surface area contributed by atoms with E-state index < -0.39 is 5.63 Å². The first-order chi connectivity index (χ1) is 15.3. The Hall–Kier alpha value is -2.83. The smallest absolute Gasteiger partial charge is 0.339 e. The lowest BCUT2D eigenvalue weighted by molar-refractivity contribution is -0.148. The Balaban J connectivity index is 1.30. The number of hydrogen-bond donors (Lipinski definition) is 1. The zero-order valence-corrected chi connectivity index (χ0v) is 18.7. The van der Waals surface area contributed by atoms with E-state index in [1.807, 2.05) is 11.8 Å². The minimum absolute atomic E-state index is 0.0658. The van der Waals surface area contributed by atoms with Crippen molar-refractivity contribution in [1.82, 2.24) is 9.80 Å². The number of fused-ring (bicyclic) bond motifs is 5. The first-order valence-electron chi connectivity index (χ1n) is 11.7. The van der Waals surface area contributed by atoms with Crippen LogP contribution in [0.15, 0.2) is 21.3 Å². The number of amides is 2. The predicted octanol–water partition coefficient (Wildman–Crippen LogP) is 2.91. The second kappa shape index (κ2) is 7.94. The molecule has 3 fully saturated rings. The summed E-state index contributed by atoms with van der Waals surface area (Å²) in [6, 6.07) is 3.63. The highest BCUT2D eigenvalue weighted by Gasteiger charge is 2.44. The largest absolute Gasteiger partial charge is 0.508 e. The summed E-state index contributed by atoms with van der Waals surface area (Å²) in [4.78, 5) is 42.1. The summed E-state index contributed by atoms with van der Waals surface area (Å²) in [6.07, 6.45) is 4.34. The van der Waals surface area contributed by atoms with E-state index in [-0.39, 0.29) is 30.0 Å². The summed E-state index contributed by atoms with van der Waals surface area (Å²) in [5, 5.41) is 10.7. The average Bonchev–Trinajstić information content (AvgIpc) is 2.77. The Bertz CT molecular complexity index is 1150. The van der Waals surface area contributed by atoms with E-state index in [1.54, 1.807) is 19.1 Å². The van der Waals surface area contributed by atoms with Gasteiger partial charge in [-0.05, 0) is 69.1 Å². The highest BCUT2D eigenvalue weighted by molar-refractivity contribution is 5.85. The number of aryl methyl sites for hydroxylation is 2. The third kappa shape index (κ3) is 3.48. The lowest BCUT2D eigenvalue weighted by Crippen LogP contribution is -2.61. The standard InChI is InChI=1S/C25H30N2O5/c1-14-18-6-8-21(28)15(2)24(18)32-25(31)19(14)7-9-22(29)26-11-16-10-17(13-26)20-4-3-5-23(30)27(20)12-16/h6,8,16-17,20,28H,3-5,7,9-13H2,1-2H3/t16-,17+,20-/m1/s1. The van der Waals surface area contributed by atoms with E-state index in [2.05, 4.69) is 4.90 Å². The number of carbonyl (C=O) groups excluding carboxylic acids is 2. The van der Waals surface area contributed by atoms with Gasteiger partial charge in [-0.3, -0.25) is 9.59 Å². The molecular formula is C25H30N2O5. The fraction of sp³-hybridized carbons (Fsp3) is 0.560. The molecule has 3 saturated heterocycles. The number of phenols is 1. The Kier molecular flexibility index (Phi) is 5.22. The highest BCUT2D eigenvalue weighted by atomic mass is 16.4. The van der Waals surface area contributed by atoms with Crippen LogP contribution in [0.25, 0.3) is 11.0 Å². The van der Waals surface area contributed by atoms with Crippen molar-refractivity contribution in [3.8, 4) is 5.75 Å². The lowest BCUT2D eigenvalue weighted by atomic mass is 9.76. The molecule has 3 atom stereocenters. The van der Waals surface area contributed by atoms with Gasteiger partial charge in [-0.1, -0.05) is 0 Å². The van der Waals surface area contributed by atoms with Gasteiger partial charge in [-0.25, -0.2) is 4.79 Å². The molecule has 4 heterocycles. The molecule has 32 heavy (non-hydrogen) atoms. The number of likely N-dealkylation sites (tertiary alicyclic amines) is 1. The molecule has 170 valence electrons. The van der Waals surface area contributed by atoms with Gasteiger partial charge in [0.25, 0.3) is 0 Å². The van der Waals surface area contributed by atoms with E-state index >= 15 is 0 Å². The van der Waals surface area contributed by atoms with Crippen molar-refractivity contribution in [2.45, 2.75) is 58.4 Å². The maximum atomic E-state index is 13.1. The van der Waals surface area contributed by atoms with Gasteiger partial charge in [0.1, 0.15) is 11.3 Å². The van der Waals surface area contributed by atoms with Crippen molar-refractivity contribution in [3.05, 3.63) is 39.2 Å². The van der Waals surface area contributed by atoms with Gasteiger partial charge in [0.2, 0.25) is 11.8 Å². The highest BCUT2D eigenvalue weighted by Crippen LogP contribution is 2.38. The molecule has 0 radical (unpaired) electrons. The second-order valence-electron chi connectivity index (χ2n) is 9.75. The zero-order valence-electron chi connectivity index (χ0n) is 18.7. The first-order valence-corrected chi connectivity index (χ1v) is 11.7. The van der Waals surface area contributed by atoms with Gasteiger partial charge in [0.05, 0.1) is 0 Å². The molecular weight excluding hydrogens is 408 g/mol. The van der Waals surface area contributed by atoms with Crippen LogP contribution >= 0.6 is 0 Å². The van der Waals surface area contributed by atoms with Crippen LogP contribution in [0.4, 0.5) is 0 Å². The summed E-state index contributed by atoms with van der Waals surface area (Å²) >= 11 is 0. The molecule has 5 rings (SSSR count). The van der Waals surface area contributed by atoms with E-state index in [4.69, 9.17) is 4.42 Å². The van der Waals surface area contributed by atoms with Crippen molar-refractivity contribution in [2.24, 2.45) is 11.8 Å². The van der Waals surface area contributed by atoms with Crippen LogP contribution in [0.1, 0.15) is 48.8 Å². The molecule has 0 unspecified atom stereocenters. The van der Waals surface area contributed by atoms with E-state index in [0.29, 0.717) is 54.5 Å². The normalized spacial score (nSPS) is 25.2. The van der Waals surface area contributed by atoms with E-state index in [9.17, 15) is 19.5 Å². The Labute approximate surface area is 187 Å².